The summed E-state index contributed by atoms with van der Waals surface area (Å²) in [6.45, 7) is 0. The van der Waals surface area contributed by atoms with Crippen LogP contribution in [0.3, 0.4) is 0 Å². The van der Waals surface area contributed by atoms with E-state index in [2.05, 4.69) is 251 Å². The van der Waals surface area contributed by atoms with Crippen molar-refractivity contribution in [1.29, 1.82) is 0 Å². The van der Waals surface area contributed by atoms with E-state index < -0.39 is 0 Å². The van der Waals surface area contributed by atoms with Crippen molar-refractivity contribution < 1.29 is 0 Å². The molecule has 0 atom stereocenters. The van der Waals surface area contributed by atoms with Crippen LogP contribution in [-0.4, -0.2) is 0 Å². The van der Waals surface area contributed by atoms with Gasteiger partial charge in [-0.25, -0.2) is 0 Å². The van der Waals surface area contributed by atoms with Crippen LogP contribution in [0.15, 0.2) is 253 Å². The third-order valence-corrected chi connectivity index (χ3v) is 11.0. The SMILES string of the molecule is C1=CCCC(/C(=C\C2=CC=C(N(c3ccc(N(c4ccccc4)c4ccccc4)cc3)c3ccc(N(c4ccccc4)c4ccccc4)cc3)CC2)c2ccccc2)=C1. The molecular formula is C56H47N3. The summed E-state index contributed by atoms with van der Waals surface area (Å²) in [5, 5.41) is 0. The van der Waals surface area contributed by atoms with Crippen LogP contribution in [0.2, 0.25) is 0 Å². The van der Waals surface area contributed by atoms with E-state index in [4.69, 9.17) is 0 Å². The van der Waals surface area contributed by atoms with Gasteiger partial charge in [-0.1, -0.05) is 134 Å². The summed E-state index contributed by atoms with van der Waals surface area (Å²) < 4.78 is 0. The Labute approximate surface area is 349 Å². The smallest absolute Gasteiger partial charge is 0.0463 e. The lowest BCUT2D eigenvalue weighted by Gasteiger charge is -2.31. The maximum absolute atomic E-state index is 2.43. The van der Waals surface area contributed by atoms with E-state index in [1.165, 1.54) is 28.0 Å². The van der Waals surface area contributed by atoms with Crippen LogP contribution in [-0.2, 0) is 0 Å². The molecule has 0 spiro atoms. The van der Waals surface area contributed by atoms with Gasteiger partial charge in [0.05, 0.1) is 0 Å². The summed E-state index contributed by atoms with van der Waals surface area (Å²) in [7, 11) is 0. The van der Waals surface area contributed by atoms with Gasteiger partial charge in [0, 0.05) is 51.2 Å². The highest BCUT2D eigenvalue weighted by molar-refractivity contribution is 5.83. The molecule has 0 saturated carbocycles. The van der Waals surface area contributed by atoms with Gasteiger partial charge in [-0.05, 0) is 151 Å². The van der Waals surface area contributed by atoms with Crippen molar-refractivity contribution in [2.45, 2.75) is 25.7 Å². The predicted octanol–water partition coefficient (Wildman–Crippen LogP) is 15.7. The van der Waals surface area contributed by atoms with E-state index in [0.717, 1.165) is 71.2 Å². The molecule has 0 unspecified atom stereocenters. The summed E-state index contributed by atoms with van der Waals surface area (Å²) in [5.41, 5.74) is 15.5. The van der Waals surface area contributed by atoms with Crippen molar-refractivity contribution in [3.63, 3.8) is 0 Å². The Bertz CT molecular complexity index is 2400. The highest BCUT2D eigenvalue weighted by Gasteiger charge is 2.21. The molecule has 286 valence electrons. The van der Waals surface area contributed by atoms with E-state index >= 15 is 0 Å². The van der Waals surface area contributed by atoms with E-state index in [0.29, 0.717) is 0 Å². The van der Waals surface area contributed by atoms with Crippen molar-refractivity contribution >= 4 is 51.1 Å². The lowest BCUT2D eigenvalue weighted by atomic mass is 9.89. The Morgan fingerprint density at radius 1 is 0.356 bits per heavy atom. The second kappa shape index (κ2) is 17.8. The standard InChI is InChI=1S/C56H47N3/c1-7-19-45(20-8-1)56(46-21-9-2-10-22-46)43-44-31-33-51(34-32-44)59(54-39-35-52(36-40-54)57(47-23-11-3-12-24-47)48-25-13-4-14-26-48)55-41-37-53(38-42-55)58(49-27-15-5-16-28-49)50-29-17-6-18-30-50/h1-9,11-21,23-31,33,35-43H,10,22,32,34H2/b56-43-. The Hall–Kier alpha value is -7.36. The first kappa shape index (κ1) is 37.2. The molecule has 0 aliphatic heterocycles. The molecule has 0 heterocycles. The van der Waals surface area contributed by atoms with Crippen molar-refractivity contribution in [2.24, 2.45) is 0 Å². The molecule has 7 aromatic rings. The van der Waals surface area contributed by atoms with E-state index in [1.54, 1.807) is 0 Å². The number of hydrogen-bond acceptors (Lipinski definition) is 3. The Kier molecular flexibility index (Phi) is 11.3. The molecule has 0 bridgehead atoms. The zero-order valence-corrected chi connectivity index (χ0v) is 33.2. The summed E-state index contributed by atoms with van der Waals surface area (Å²) in [4.78, 5) is 7.06. The van der Waals surface area contributed by atoms with Gasteiger partial charge in [0.1, 0.15) is 0 Å². The molecule has 0 radical (unpaired) electrons. The van der Waals surface area contributed by atoms with Crippen LogP contribution in [0.4, 0.5) is 45.5 Å². The first-order chi connectivity index (χ1) is 29.3. The molecular weight excluding hydrogens is 715 g/mol. The van der Waals surface area contributed by atoms with Gasteiger partial charge in [-0.3, -0.25) is 0 Å². The fraction of sp³-hybridized carbons (Fsp3) is 0.0714. The second-order valence-corrected chi connectivity index (χ2v) is 14.9. The lowest BCUT2D eigenvalue weighted by molar-refractivity contribution is 0.891. The molecule has 0 N–H and O–H groups in total. The molecule has 9 rings (SSSR count). The lowest BCUT2D eigenvalue weighted by Crippen LogP contribution is -2.18. The molecule has 0 saturated heterocycles. The minimum atomic E-state index is 0.910. The minimum absolute atomic E-state index is 0.910. The topological polar surface area (TPSA) is 9.72 Å². The Morgan fingerprint density at radius 2 is 0.746 bits per heavy atom. The molecule has 7 aromatic carbocycles. The van der Waals surface area contributed by atoms with E-state index in [-0.39, 0.29) is 0 Å². The highest BCUT2D eigenvalue weighted by Crippen LogP contribution is 2.41. The molecule has 0 amide bonds. The van der Waals surface area contributed by atoms with Gasteiger partial charge in [0.15, 0.2) is 0 Å². The second-order valence-electron chi connectivity index (χ2n) is 14.9. The maximum atomic E-state index is 2.43. The van der Waals surface area contributed by atoms with Crippen LogP contribution in [0, 0.1) is 0 Å². The third-order valence-electron chi connectivity index (χ3n) is 11.0. The van der Waals surface area contributed by atoms with E-state index in [1.807, 2.05) is 0 Å². The third kappa shape index (κ3) is 8.51. The van der Waals surface area contributed by atoms with Crippen LogP contribution in [0.1, 0.15) is 31.2 Å². The molecule has 3 heteroatoms. The van der Waals surface area contributed by atoms with Gasteiger partial charge in [0.25, 0.3) is 0 Å². The van der Waals surface area contributed by atoms with Crippen LogP contribution < -0.4 is 14.7 Å². The Balaban J connectivity index is 1.11. The normalized spacial score (nSPS) is 13.8. The van der Waals surface area contributed by atoms with Crippen molar-refractivity contribution in [3.05, 3.63) is 259 Å². The monoisotopic (exact) mass is 761 g/mol. The molecule has 0 fully saturated rings. The number of allylic oxidation sites excluding steroid dienone is 10. The van der Waals surface area contributed by atoms with Crippen LogP contribution >= 0.6 is 0 Å². The summed E-state index contributed by atoms with van der Waals surface area (Å²) in [6.07, 6.45) is 17.8. The highest BCUT2D eigenvalue weighted by atomic mass is 15.2. The largest absolute Gasteiger partial charge is 0.314 e. The number of para-hydroxylation sites is 4. The van der Waals surface area contributed by atoms with Crippen molar-refractivity contribution in [1.82, 2.24) is 0 Å². The summed E-state index contributed by atoms with van der Waals surface area (Å²) >= 11 is 0. The van der Waals surface area contributed by atoms with Crippen molar-refractivity contribution in [2.75, 3.05) is 14.7 Å². The van der Waals surface area contributed by atoms with Crippen molar-refractivity contribution in [3.8, 4) is 0 Å². The van der Waals surface area contributed by atoms with Crippen LogP contribution in [0.5, 0.6) is 0 Å². The zero-order chi connectivity index (χ0) is 39.6. The van der Waals surface area contributed by atoms with Gasteiger partial charge < -0.3 is 14.7 Å². The zero-order valence-electron chi connectivity index (χ0n) is 33.2. The first-order valence-corrected chi connectivity index (χ1v) is 20.6. The Morgan fingerprint density at radius 3 is 1.12 bits per heavy atom. The van der Waals surface area contributed by atoms with Crippen LogP contribution in [0.25, 0.3) is 5.57 Å². The molecule has 59 heavy (non-hydrogen) atoms. The molecule has 0 aromatic heterocycles. The van der Waals surface area contributed by atoms with Gasteiger partial charge in [-0.2, -0.15) is 0 Å². The summed E-state index contributed by atoms with van der Waals surface area (Å²) in [5.74, 6) is 0. The molecule has 3 nitrogen and oxygen atoms in total. The quantitative estimate of drug-likeness (QED) is 0.123. The molecule has 2 aliphatic rings. The minimum Gasteiger partial charge on any atom is -0.314 e. The number of hydrogen-bond donors (Lipinski definition) is 0. The fourth-order valence-corrected chi connectivity index (χ4v) is 8.13. The maximum Gasteiger partial charge on any atom is 0.0463 e. The molecule has 2 aliphatic carbocycles. The number of rotatable bonds is 12. The average molecular weight is 762 g/mol. The number of benzene rings is 7. The van der Waals surface area contributed by atoms with Gasteiger partial charge in [-0.15, -0.1) is 0 Å². The van der Waals surface area contributed by atoms with E-state index in [9.17, 15) is 0 Å². The fourth-order valence-electron chi connectivity index (χ4n) is 8.13. The number of anilines is 8. The predicted molar refractivity (Wildman–Crippen MR) is 251 cm³/mol. The summed E-state index contributed by atoms with van der Waals surface area (Å²) in [6, 6.07) is 71.3. The average Bonchev–Trinajstić information content (AvgIpc) is 3.32. The van der Waals surface area contributed by atoms with Gasteiger partial charge in [0.2, 0.25) is 0 Å². The first-order valence-electron chi connectivity index (χ1n) is 20.6. The van der Waals surface area contributed by atoms with Gasteiger partial charge >= 0.3 is 0 Å². The number of nitrogens with zero attached hydrogens (tertiary/aromatic N) is 3.